The highest BCUT2D eigenvalue weighted by atomic mass is 16.5. The van der Waals surface area contributed by atoms with Gasteiger partial charge in [-0.1, -0.05) is 24.3 Å². The van der Waals surface area contributed by atoms with Crippen LogP contribution in [0.2, 0.25) is 0 Å². The largest absolute Gasteiger partial charge is 0.381 e. The summed E-state index contributed by atoms with van der Waals surface area (Å²) in [5, 5.41) is 0. The summed E-state index contributed by atoms with van der Waals surface area (Å²) in [6, 6.07) is 9.48. The Morgan fingerprint density at radius 2 is 2.00 bits per heavy atom. The van der Waals surface area contributed by atoms with Gasteiger partial charge in [-0.05, 0) is 49.7 Å². The normalized spacial score (nSPS) is 28.2. The van der Waals surface area contributed by atoms with Gasteiger partial charge in [0.05, 0.1) is 18.6 Å². The summed E-state index contributed by atoms with van der Waals surface area (Å²) in [6.07, 6.45) is 6.73. The molecule has 4 rings (SSSR count). The summed E-state index contributed by atoms with van der Waals surface area (Å²) in [7, 11) is 0. The second-order valence-electron chi connectivity index (χ2n) is 6.64. The van der Waals surface area contributed by atoms with Crippen molar-refractivity contribution in [2.75, 3.05) is 13.2 Å². The number of hydrogen-bond acceptors (Lipinski definition) is 2. The first-order valence-electron chi connectivity index (χ1n) is 8.32. The third-order valence-corrected chi connectivity index (χ3v) is 5.15. The van der Waals surface area contributed by atoms with Crippen LogP contribution in [0.15, 0.2) is 24.3 Å². The molecule has 0 bridgehead atoms. The highest BCUT2D eigenvalue weighted by Crippen LogP contribution is 2.42. The van der Waals surface area contributed by atoms with Crippen molar-refractivity contribution in [2.24, 2.45) is 5.92 Å². The lowest BCUT2D eigenvalue weighted by Crippen LogP contribution is -2.42. The summed E-state index contributed by atoms with van der Waals surface area (Å²) in [5.41, 5.74) is 2.83. The highest BCUT2D eigenvalue weighted by Gasteiger charge is 2.42. The fourth-order valence-corrected chi connectivity index (χ4v) is 3.90. The minimum atomic E-state index is 0.0969. The van der Waals surface area contributed by atoms with Gasteiger partial charge in [0.1, 0.15) is 0 Å². The SMILES string of the molecule is O=C(C1CCOC1)N(C1CC1)C1CCCc2ccccc21. The Kier molecular flexibility index (Phi) is 3.46. The smallest absolute Gasteiger partial charge is 0.228 e. The highest BCUT2D eigenvalue weighted by molar-refractivity contribution is 5.80. The van der Waals surface area contributed by atoms with E-state index < -0.39 is 0 Å². The fourth-order valence-electron chi connectivity index (χ4n) is 3.90. The standard InChI is InChI=1S/C18H23NO2/c20-18(14-10-11-21-12-14)19(15-8-9-15)17-7-3-5-13-4-1-2-6-16(13)17/h1-2,4,6,14-15,17H,3,5,7-12H2. The molecule has 1 aliphatic heterocycles. The van der Waals surface area contributed by atoms with Gasteiger partial charge in [0.15, 0.2) is 0 Å². The minimum absolute atomic E-state index is 0.0969. The van der Waals surface area contributed by atoms with Crippen LogP contribution < -0.4 is 0 Å². The van der Waals surface area contributed by atoms with Crippen LogP contribution in [0.1, 0.15) is 49.3 Å². The first-order valence-corrected chi connectivity index (χ1v) is 8.32. The van der Waals surface area contributed by atoms with E-state index in [1.165, 1.54) is 30.4 Å². The van der Waals surface area contributed by atoms with E-state index in [0.29, 0.717) is 24.6 Å². The van der Waals surface area contributed by atoms with Crippen LogP contribution >= 0.6 is 0 Å². The number of ether oxygens (including phenoxy) is 1. The summed E-state index contributed by atoms with van der Waals surface area (Å²) in [4.78, 5) is 15.2. The van der Waals surface area contributed by atoms with E-state index in [-0.39, 0.29) is 5.92 Å². The van der Waals surface area contributed by atoms with Crippen molar-refractivity contribution >= 4 is 5.91 Å². The second kappa shape index (κ2) is 5.45. The molecule has 0 spiro atoms. The summed E-state index contributed by atoms with van der Waals surface area (Å²) < 4.78 is 5.44. The predicted molar refractivity (Wildman–Crippen MR) is 80.9 cm³/mol. The average Bonchev–Trinajstić information content (AvgIpc) is 3.20. The number of aryl methyl sites for hydroxylation is 1. The summed E-state index contributed by atoms with van der Waals surface area (Å²) >= 11 is 0. The Morgan fingerprint density at radius 3 is 2.76 bits per heavy atom. The van der Waals surface area contributed by atoms with Crippen LogP contribution in [0, 0.1) is 5.92 Å². The molecule has 2 aliphatic carbocycles. The van der Waals surface area contributed by atoms with E-state index in [1.54, 1.807) is 0 Å². The van der Waals surface area contributed by atoms with Crippen molar-refractivity contribution in [2.45, 2.75) is 50.6 Å². The van der Waals surface area contributed by atoms with Gasteiger partial charge in [-0.3, -0.25) is 4.79 Å². The van der Waals surface area contributed by atoms with Crippen LogP contribution in [0.3, 0.4) is 0 Å². The van der Waals surface area contributed by atoms with Crippen molar-refractivity contribution < 1.29 is 9.53 Å². The van der Waals surface area contributed by atoms with Gasteiger partial charge in [0.25, 0.3) is 0 Å². The molecule has 0 N–H and O–H groups in total. The molecule has 3 nitrogen and oxygen atoms in total. The average molecular weight is 285 g/mol. The number of rotatable bonds is 3. The number of benzene rings is 1. The lowest BCUT2D eigenvalue weighted by Gasteiger charge is -2.37. The first-order chi connectivity index (χ1) is 10.3. The lowest BCUT2D eigenvalue weighted by molar-refractivity contribution is -0.139. The van der Waals surface area contributed by atoms with Gasteiger partial charge >= 0.3 is 0 Å². The van der Waals surface area contributed by atoms with E-state index in [2.05, 4.69) is 29.2 Å². The molecule has 2 atom stereocenters. The van der Waals surface area contributed by atoms with Crippen molar-refractivity contribution in [3.05, 3.63) is 35.4 Å². The van der Waals surface area contributed by atoms with Gasteiger partial charge < -0.3 is 9.64 Å². The Morgan fingerprint density at radius 1 is 1.14 bits per heavy atom. The zero-order valence-electron chi connectivity index (χ0n) is 12.5. The molecule has 1 saturated carbocycles. The van der Waals surface area contributed by atoms with E-state index >= 15 is 0 Å². The maximum atomic E-state index is 13.0. The van der Waals surface area contributed by atoms with Crippen LogP contribution in [0.4, 0.5) is 0 Å². The molecule has 0 radical (unpaired) electrons. The Labute approximate surface area is 126 Å². The molecule has 112 valence electrons. The molecule has 1 amide bonds. The molecular weight excluding hydrogens is 262 g/mol. The third kappa shape index (κ3) is 2.48. The molecule has 0 aromatic heterocycles. The topological polar surface area (TPSA) is 29.5 Å². The second-order valence-corrected chi connectivity index (χ2v) is 6.64. The van der Waals surface area contributed by atoms with Crippen molar-refractivity contribution in [1.82, 2.24) is 4.90 Å². The van der Waals surface area contributed by atoms with Gasteiger partial charge in [0, 0.05) is 12.6 Å². The molecular formula is C18H23NO2. The molecule has 3 aliphatic rings. The summed E-state index contributed by atoms with van der Waals surface area (Å²) in [6.45, 7) is 1.37. The Hall–Kier alpha value is -1.35. The van der Waals surface area contributed by atoms with E-state index in [0.717, 1.165) is 25.9 Å². The first kappa shape index (κ1) is 13.3. The maximum Gasteiger partial charge on any atom is 0.228 e. The molecule has 2 fully saturated rings. The van der Waals surface area contributed by atoms with Crippen LogP contribution in [-0.4, -0.2) is 30.1 Å². The van der Waals surface area contributed by atoms with E-state index in [9.17, 15) is 4.79 Å². The zero-order chi connectivity index (χ0) is 14.2. The van der Waals surface area contributed by atoms with Crippen LogP contribution in [0.25, 0.3) is 0 Å². The molecule has 1 aromatic carbocycles. The van der Waals surface area contributed by atoms with E-state index in [1.807, 2.05) is 0 Å². The van der Waals surface area contributed by atoms with Gasteiger partial charge in [-0.25, -0.2) is 0 Å². The third-order valence-electron chi connectivity index (χ3n) is 5.15. The maximum absolute atomic E-state index is 13.0. The molecule has 1 heterocycles. The van der Waals surface area contributed by atoms with Crippen LogP contribution in [0.5, 0.6) is 0 Å². The lowest BCUT2D eigenvalue weighted by atomic mass is 9.86. The van der Waals surface area contributed by atoms with Gasteiger partial charge in [0.2, 0.25) is 5.91 Å². The molecule has 1 saturated heterocycles. The molecule has 3 heteroatoms. The Bertz CT molecular complexity index is 532. The number of carbonyl (C=O) groups excluding carboxylic acids is 1. The quantitative estimate of drug-likeness (QED) is 0.854. The Balaban J connectivity index is 1.64. The van der Waals surface area contributed by atoms with E-state index in [4.69, 9.17) is 4.74 Å². The van der Waals surface area contributed by atoms with Gasteiger partial charge in [-0.2, -0.15) is 0 Å². The monoisotopic (exact) mass is 285 g/mol. The van der Waals surface area contributed by atoms with Crippen molar-refractivity contribution in [3.63, 3.8) is 0 Å². The molecule has 2 unspecified atom stereocenters. The number of amides is 1. The number of hydrogen-bond donors (Lipinski definition) is 0. The number of carbonyl (C=O) groups is 1. The number of fused-ring (bicyclic) bond motifs is 1. The minimum Gasteiger partial charge on any atom is -0.381 e. The summed E-state index contributed by atoms with van der Waals surface area (Å²) in [5.74, 6) is 0.441. The number of nitrogens with zero attached hydrogens (tertiary/aromatic N) is 1. The fraction of sp³-hybridized carbons (Fsp3) is 0.611. The zero-order valence-corrected chi connectivity index (χ0v) is 12.5. The molecule has 21 heavy (non-hydrogen) atoms. The van der Waals surface area contributed by atoms with Crippen LogP contribution in [-0.2, 0) is 16.0 Å². The molecule has 1 aromatic rings. The van der Waals surface area contributed by atoms with Gasteiger partial charge in [-0.15, -0.1) is 0 Å². The predicted octanol–water partition coefficient (Wildman–Crippen LogP) is 3.09. The van der Waals surface area contributed by atoms with Crippen molar-refractivity contribution in [3.8, 4) is 0 Å². The van der Waals surface area contributed by atoms with Crippen molar-refractivity contribution in [1.29, 1.82) is 0 Å².